The van der Waals surface area contributed by atoms with Crippen LogP contribution in [0.2, 0.25) is 0 Å². The number of fused-ring (bicyclic) bond motifs is 1. The lowest BCUT2D eigenvalue weighted by Gasteiger charge is -2.12. The van der Waals surface area contributed by atoms with Gasteiger partial charge in [0.25, 0.3) is 0 Å². The van der Waals surface area contributed by atoms with Crippen molar-refractivity contribution in [2.45, 2.75) is 31.8 Å². The van der Waals surface area contributed by atoms with Crippen LogP contribution >= 0.6 is 0 Å². The van der Waals surface area contributed by atoms with Crippen LogP contribution in [0.15, 0.2) is 42.5 Å². The molecule has 0 unspecified atom stereocenters. The number of aryl methyl sites for hydroxylation is 2. The fourth-order valence-electron chi connectivity index (χ4n) is 3.38. The molecule has 3 aromatic rings. The predicted molar refractivity (Wildman–Crippen MR) is 108 cm³/mol. The molecule has 6 nitrogen and oxygen atoms in total. The molecule has 29 heavy (non-hydrogen) atoms. The summed E-state index contributed by atoms with van der Waals surface area (Å²) in [5.41, 5.74) is 4.57. The first-order valence-corrected chi connectivity index (χ1v) is 11.0. The summed E-state index contributed by atoms with van der Waals surface area (Å²) in [6.45, 7) is 3.98. The first kappa shape index (κ1) is 19.3. The van der Waals surface area contributed by atoms with E-state index in [2.05, 4.69) is 10.4 Å². The Kier molecular flexibility index (Phi) is 4.74. The van der Waals surface area contributed by atoms with Crippen molar-refractivity contribution >= 4 is 21.6 Å². The van der Waals surface area contributed by atoms with Gasteiger partial charge in [0, 0.05) is 5.56 Å². The van der Waals surface area contributed by atoms with E-state index >= 15 is 0 Å². The van der Waals surface area contributed by atoms with Gasteiger partial charge in [-0.15, -0.1) is 0 Å². The van der Waals surface area contributed by atoms with E-state index in [-0.39, 0.29) is 29.7 Å². The van der Waals surface area contributed by atoms with Gasteiger partial charge in [0.05, 0.1) is 29.3 Å². The van der Waals surface area contributed by atoms with Crippen molar-refractivity contribution in [3.63, 3.8) is 0 Å². The second kappa shape index (κ2) is 7.11. The monoisotopic (exact) mass is 413 g/mol. The minimum absolute atomic E-state index is 0.0416. The topological polar surface area (TPSA) is 81.1 Å². The molecule has 0 saturated carbocycles. The number of hydrogen-bond acceptors (Lipinski definition) is 4. The number of benzene rings is 2. The lowest BCUT2D eigenvalue weighted by Crippen LogP contribution is -2.18. The van der Waals surface area contributed by atoms with E-state index in [1.165, 1.54) is 12.1 Å². The maximum atomic E-state index is 13.1. The molecule has 1 aliphatic heterocycles. The van der Waals surface area contributed by atoms with Crippen LogP contribution < -0.4 is 5.32 Å². The van der Waals surface area contributed by atoms with Crippen LogP contribution in [0.25, 0.3) is 5.69 Å². The molecule has 1 aliphatic rings. The Hall–Kier alpha value is -3.00. The average Bonchev–Trinajstić information content (AvgIpc) is 3.12. The van der Waals surface area contributed by atoms with E-state index in [9.17, 15) is 17.6 Å². The molecular weight excluding hydrogens is 393 g/mol. The lowest BCUT2D eigenvalue weighted by molar-refractivity contribution is -0.115. The van der Waals surface area contributed by atoms with E-state index < -0.39 is 9.84 Å². The molecule has 4 rings (SSSR count). The predicted octanol–water partition coefficient (Wildman–Crippen LogP) is 3.24. The molecule has 0 radical (unpaired) electrons. The number of aromatic nitrogens is 2. The van der Waals surface area contributed by atoms with Crippen LogP contribution in [0.3, 0.4) is 0 Å². The Morgan fingerprint density at radius 2 is 1.83 bits per heavy atom. The van der Waals surface area contributed by atoms with E-state index in [1.54, 1.807) is 16.8 Å². The van der Waals surface area contributed by atoms with Gasteiger partial charge in [-0.3, -0.25) is 4.79 Å². The summed E-state index contributed by atoms with van der Waals surface area (Å²) in [7, 11) is -3.27. The number of nitrogens with one attached hydrogen (secondary N) is 1. The summed E-state index contributed by atoms with van der Waals surface area (Å²) in [5.74, 6) is -0.615. The molecule has 1 aromatic heterocycles. The molecule has 8 heteroatoms. The van der Waals surface area contributed by atoms with Crippen molar-refractivity contribution in [2.75, 3.05) is 5.32 Å². The zero-order valence-electron chi connectivity index (χ0n) is 16.1. The fraction of sp³-hybridized carbons (Fsp3) is 0.238. The van der Waals surface area contributed by atoms with Gasteiger partial charge < -0.3 is 5.32 Å². The van der Waals surface area contributed by atoms with Crippen molar-refractivity contribution in [1.82, 2.24) is 9.78 Å². The van der Waals surface area contributed by atoms with Crippen molar-refractivity contribution in [1.29, 1.82) is 0 Å². The summed E-state index contributed by atoms with van der Waals surface area (Å²) in [4.78, 5) is 12.6. The summed E-state index contributed by atoms with van der Waals surface area (Å²) < 4.78 is 38.8. The molecule has 0 bridgehead atoms. The number of carbonyl (C=O) groups excluding carboxylic acids is 1. The summed E-state index contributed by atoms with van der Waals surface area (Å²) in [6, 6.07) is 11.5. The highest BCUT2D eigenvalue weighted by Crippen LogP contribution is 2.33. The fourth-order valence-corrected chi connectivity index (χ4v) is 4.87. The number of carbonyl (C=O) groups is 1. The second-order valence-corrected chi connectivity index (χ2v) is 9.40. The quantitative estimate of drug-likeness (QED) is 0.712. The molecule has 150 valence electrons. The van der Waals surface area contributed by atoms with Crippen LogP contribution in [0, 0.1) is 19.7 Å². The molecular formula is C21H20FN3O3S. The molecule has 2 aromatic carbocycles. The SMILES string of the molecule is Cc1ccc(-n2nc3c(c2NC(=O)Cc2ccc(F)cc2)CS(=O)(=O)C3)cc1C. The van der Waals surface area contributed by atoms with Gasteiger partial charge in [-0.25, -0.2) is 17.5 Å². The van der Waals surface area contributed by atoms with Gasteiger partial charge >= 0.3 is 0 Å². The Bertz CT molecular complexity index is 1210. The molecule has 0 atom stereocenters. The maximum absolute atomic E-state index is 13.1. The zero-order valence-corrected chi connectivity index (χ0v) is 16.9. The standard InChI is InChI=1S/C21H20FN3O3S/c1-13-3-8-17(9-14(13)2)25-21(18-11-29(27,28)12-19(18)24-25)23-20(26)10-15-4-6-16(22)7-5-15/h3-9H,10-12H2,1-2H3,(H,23,26). The molecule has 1 amide bonds. The number of amides is 1. The van der Waals surface area contributed by atoms with E-state index in [0.29, 0.717) is 22.6 Å². The normalized spacial score (nSPS) is 14.6. The van der Waals surface area contributed by atoms with Gasteiger partial charge in [-0.1, -0.05) is 18.2 Å². The van der Waals surface area contributed by atoms with Crippen LogP contribution in [0.4, 0.5) is 10.2 Å². The Balaban J connectivity index is 1.69. The summed E-state index contributed by atoms with van der Waals surface area (Å²) in [5, 5.41) is 7.30. The molecule has 1 N–H and O–H groups in total. The highest BCUT2D eigenvalue weighted by atomic mass is 32.2. The number of hydrogen-bond donors (Lipinski definition) is 1. The summed E-state index contributed by atoms with van der Waals surface area (Å²) in [6.07, 6.45) is 0.0416. The highest BCUT2D eigenvalue weighted by molar-refractivity contribution is 7.90. The van der Waals surface area contributed by atoms with E-state index in [0.717, 1.165) is 16.8 Å². The average molecular weight is 413 g/mol. The van der Waals surface area contributed by atoms with Crippen LogP contribution in [-0.2, 0) is 32.6 Å². The molecule has 0 saturated heterocycles. The smallest absolute Gasteiger partial charge is 0.229 e. The van der Waals surface area contributed by atoms with Crippen molar-refractivity contribution in [3.8, 4) is 5.69 Å². The number of halogens is 1. The third-order valence-corrected chi connectivity index (χ3v) is 6.50. The molecule has 0 fully saturated rings. The zero-order chi connectivity index (χ0) is 20.8. The molecule has 0 aliphatic carbocycles. The summed E-state index contributed by atoms with van der Waals surface area (Å²) >= 11 is 0. The van der Waals surface area contributed by atoms with Crippen LogP contribution in [-0.4, -0.2) is 24.1 Å². The Morgan fingerprint density at radius 3 is 2.52 bits per heavy atom. The first-order valence-electron chi connectivity index (χ1n) is 9.15. The number of nitrogens with zero attached hydrogens (tertiary/aromatic N) is 2. The maximum Gasteiger partial charge on any atom is 0.229 e. The number of sulfone groups is 1. The second-order valence-electron chi connectivity index (χ2n) is 7.34. The number of anilines is 1. The first-order chi connectivity index (χ1) is 13.7. The van der Waals surface area contributed by atoms with Crippen molar-refractivity contribution in [2.24, 2.45) is 0 Å². The van der Waals surface area contributed by atoms with Gasteiger partial charge in [0.2, 0.25) is 5.91 Å². The Labute approximate surface area is 168 Å². The number of rotatable bonds is 4. The minimum atomic E-state index is -3.27. The third kappa shape index (κ3) is 3.93. The molecule has 2 heterocycles. The van der Waals surface area contributed by atoms with Gasteiger partial charge in [-0.2, -0.15) is 5.10 Å². The van der Waals surface area contributed by atoms with E-state index in [1.807, 2.05) is 32.0 Å². The third-order valence-electron chi connectivity index (χ3n) is 5.06. The lowest BCUT2D eigenvalue weighted by atomic mass is 10.1. The van der Waals surface area contributed by atoms with Gasteiger partial charge in [0.1, 0.15) is 11.6 Å². The highest BCUT2D eigenvalue weighted by Gasteiger charge is 2.33. The van der Waals surface area contributed by atoms with Gasteiger partial charge in [0.15, 0.2) is 9.84 Å². The molecule has 0 spiro atoms. The van der Waals surface area contributed by atoms with Crippen molar-refractivity contribution < 1.29 is 17.6 Å². The van der Waals surface area contributed by atoms with Crippen LogP contribution in [0.5, 0.6) is 0 Å². The van der Waals surface area contributed by atoms with Crippen LogP contribution in [0.1, 0.15) is 27.9 Å². The Morgan fingerprint density at radius 1 is 1.10 bits per heavy atom. The van der Waals surface area contributed by atoms with E-state index in [4.69, 9.17) is 0 Å². The van der Waals surface area contributed by atoms with Crippen molar-refractivity contribution in [3.05, 3.63) is 76.2 Å². The van der Waals surface area contributed by atoms with Gasteiger partial charge in [-0.05, 0) is 54.8 Å². The largest absolute Gasteiger partial charge is 0.310 e. The minimum Gasteiger partial charge on any atom is -0.310 e.